The third-order valence-electron chi connectivity index (χ3n) is 11.6. The number of carbonyl (C=O) groups excluding carboxylic acids is 3. The van der Waals surface area contributed by atoms with Crippen molar-refractivity contribution < 1.29 is 28.6 Å². The summed E-state index contributed by atoms with van der Waals surface area (Å²) < 4.78 is 16.7. The van der Waals surface area contributed by atoms with Crippen molar-refractivity contribution in [1.29, 1.82) is 0 Å². The highest BCUT2D eigenvalue weighted by atomic mass is 16.6. The standard InChI is InChI=1S/C66H104O6/c1-4-7-10-13-16-19-21-23-25-26-27-28-29-30-31-32-33-34-35-36-37-38-39-40-42-43-45-47-50-53-56-59-65(68)71-62-63(61-70-64(67)58-55-52-49-18-15-12-9-6-3)72-66(69)60-57-54-51-48-46-44-41-24-22-20-17-14-11-8-5-2/h7-8,10-11,16-17,19-20,23-25,27-28,30-31,33-34,36-37,41,46,48,54,57,63H,4-6,9,12-15,18,21-22,26,29,32,35,38-40,42-45,47,49-53,55-56,58-62H2,1-3H3/b10-7-,11-8-,19-16-,20-17-,25-23-,28-27-,31-30-,34-33-,37-36-,41-24-,48-46-,57-54-. The predicted octanol–water partition coefficient (Wildman–Crippen LogP) is 19.6. The molecule has 0 radical (unpaired) electrons. The summed E-state index contributed by atoms with van der Waals surface area (Å²) in [5.74, 6) is -1.07. The van der Waals surface area contributed by atoms with Gasteiger partial charge in [-0.1, -0.05) is 256 Å². The van der Waals surface area contributed by atoms with Crippen LogP contribution in [0.25, 0.3) is 0 Å². The second kappa shape index (κ2) is 58.9. The Hall–Kier alpha value is -4.71. The quantitative estimate of drug-likeness (QED) is 0.0261. The number of rotatable bonds is 50. The minimum absolute atomic E-state index is 0.0911. The van der Waals surface area contributed by atoms with Crippen molar-refractivity contribution in [2.75, 3.05) is 13.2 Å². The summed E-state index contributed by atoms with van der Waals surface area (Å²) in [5, 5.41) is 0. The molecular weight excluding hydrogens is 889 g/mol. The van der Waals surface area contributed by atoms with Gasteiger partial charge in [-0.2, -0.15) is 0 Å². The van der Waals surface area contributed by atoms with E-state index in [1.807, 2.05) is 6.08 Å². The van der Waals surface area contributed by atoms with Gasteiger partial charge < -0.3 is 14.2 Å². The van der Waals surface area contributed by atoms with Gasteiger partial charge in [-0.15, -0.1) is 0 Å². The Bertz CT molecular complexity index is 1610. The molecule has 0 aliphatic heterocycles. The average Bonchev–Trinajstić information content (AvgIpc) is 3.38. The Morgan fingerprint density at radius 2 is 0.583 bits per heavy atom. The normalized spacial score (nSPS) is 13.2. The van der Waals surface area contributed by atoms with Gasteiger partial charge in [-0.25, -0.2) is 0 Å². The molecule has 404 valence electrons. The Labute approximate surface area is 442 Å². The first-order valence-electron chi connectivity index (χ1n) is 28.8. The van der Waals surface area contributed by atoms with Crippen molar-refractivity contribution in [1.82, 2.24) is 0 Å². The molecule has 0 aromatic heterocycles. The number of hydrogen-bond donors (Lipinski definition) is 0. The number of allylic oxidation sites excluding steroid dienone is 23. The second-order valence-electron chi connectivity index (χ2n) is 18.5. The van der Waals surface area contributed by atoms with E-state index < -0.39 is 12.1 Å². The first-order valence-corrected chi connectivity index (χ1v) is 28.8. The highest BCUT2D eigenvalue weighted by Gasteiger charge is 2.19. The van der Waals surface area contributed by atoms with E-state index >= 15 is 0 Å². The Morgan fingerprint density at radius 1 is 0.306 bits per heavy atom. The second-order valence-corrected chi connectivity index (χ2v) is 18.5. The molecule has 0 fully saturated rings. The summed E-state index contributed by atoms with van der Waals surface area (Å²) in [6, 6.07) is 0. The van der Waals surface area contributed by atoms with Crippen molar-refractivity contribution in [2.24, 2.45) is 0 Å². The molecule has 1 unspecified atom stereocenters. The molecule has 72 heavy (non-hydrogen) atoms. The lowest BCUT2D eigenvalue weighted by Crippen LogP contribution is -2.30. The zero-order chi connectivity index (χ0) is 52.2. The zero-order valence-electron chi connectivity index (χ0n) is 46.1. The van der Waals surface area contributed by atoms with E-state index in [1.54, 1.807) is 6.08 Å². The highest BCUT2D eigenvalue weighted by Crippen LogP contribution is 2.14. The van der Waals surface area contributed by atoms with Gasteiger partial charge in [0.2, 0.25) is 0 Å². The number of hydrogen-bond acceptors (Lipinski definition) is 6. The van der Waals surface area contributed by atoms with Gasteiger partial charge in [-0.05, 0) is 103 Å². The maximum atomic E-state index is 12.7. The van der Waals surface area contributed by atoms with Crippen molar-refractivity contribution >= 4 is 17.9 Å². The smallest absolute Gasteiger partial charge is 0.310 e. The van der Waals surface area contributed by atoms with Crippen LogP contribution >= 0.6 is 0 Å². The molecule has 6 nitrogen and oxygen atoms in total. The number of carbonyl (C=O) groups is 3. The molecule has 0 aliphatic carbocycles. The van der Waals surface area contributed by atoms with Crippen LogP contribution < -0.4 is 0 Å². The Kier molecular flexibility index (Phi) is 55.0. The maximum Gasteiger partial charge on any atom is 0.310 e. The molecule has 0 aromatic carbocycles. The molecule has 0 spiro atoms. The van der Waals surface area contributed by atoms with Crippen LogP contribution in [0.2, 0.25) is 0 Å². The fraction of sp³-hybridized carbons (Fsp3) is 0.591. The van der Waals surface area contributed by atoms with E-state index in [-0.39, 0.29) is 31.6 Å². The van der Waals surface area contributed by atoms with Gasteiger partial charge in [0.25, 0.3) is 0 Å². The molecule has 0 saturated carbocycles. The molecule has 0 aromatic rings. The molecule has 0 heterocycles. The minimum atomic E-state index is -0.837. The molecule has 0 amide bonds. The molecular formula is C66H104O6. The van der Waals surface area contributed by atoms with Crippen LogP contribution in [0.3, 0.4) is 0 Å². The van der Waals surface area contributed by atoms with E-state index in [0.29, 0.717) is 19.3 Å². The molecule has 0 saturated heterocycles. The third kappa shape index (κ3) is 56.2. The highest BCUT2D eigenvalue weighted by molar-refractivity contribution is 5.72. The summed E-state index contributed by atoms with van der Waals surface area (Å²) in [5.41, 5.74) is 0. The largest absolute Gasteiger partial charge is 0.462 e. The van der Waals surface area contributed by atoms with E-state index in [9.17, 15) is 14.4 Å². The summed E-state index contributed by atoms with van der Waals surface area (Å²) in [6.07, 6.45) is 84.6. The van der Waals surface area contributed by atoms with Gasteiger partial charge >= 0.3 is 17.9 Å². The van der Waals surface area contributed by atoms with Crippen molar-refractivity contribution in [3.8, 4) is 0 Å². The average molecular weight is 994 g/mol. The third-order valence-corrected chi connectivity index (χ3v) is 11.6. The Morgan fingerprint density at radius 3 is 0.917 bits per heavy atom. The molecule has 6 heteroatoms. The van der Waals surface area contributed by atoms with Crippen LogP contribution in [0, 0.1) is 0 Å². The topological polar surface area (TPSA) is 78.9 Å². The van der Waals surface area contributed by atoms with E-state index in [4.69, 9.17) is 14.2 Å². The summed E-state index contributed by atoms with van der Waals surface area (Å²) in [4.78, 5) is 37.9. The molecule has 1 atom stereocenters. The van der Waals surface area contributed by atoms with Gasteiger partial charge in [0.1, 0.15) is 13.2 Å². The molecule has 0 aliphatic rings. The Balaban J connectivity index is 4.26. The lowest BCUT2D eigenvalue weighted by molar-refractivity contribution is -0.166. The van der Waals surface area contributed by atoms with E-state index in [2.05, 4.69) is 154 Å². The molecule has 0 rings (SSSR count). The van der Waals surface area contributed by atoms with Crippen LogP contribution in [0.1, 0.15) is 233 Å². The molecule has 0 bridgehead atoms. The lowest BCUT2D eigenvalue weighted by atomic mass is 10.1. The van der Waals surface area contributed by atoms with E-state index in [1.165, 1.54) is 70.6 Å². The first kappa shape index (κ1) is 67.3. The van der Waals surface area contributed by atoms with Crippen LogP contribution in [-0.4, -0.2) is 37.2 Å². The van der Waals surface area contributed by atoms with Crippen LogP contribution in [0.4, 0.5) is 0 Å². The van der Waals surface area contributed by atoms with Crippen molar-refractivity contribution in [3.05, 3.63) is 146 Å². The SMILES string of the molecule is CC/C=C\C/C=C\C/C=C\C/C=C\C/C=C\C/C=C\C/C=C\CCCCCCCCCCCC(=O)OCC(COC(=O)CCCCCCCCCC)OC(=O)C/C=C\C/C=C\C/C=C\C/C=C\C/C=C\CC. The predicted molar refractivity (Wildman–Crippen MR) is 311 cm³/mol. The molecule has 0 N–H and O–H groups in total. The van der Waals surface area contributed by atoms with Crippen molar-refractivity contribution in [2.45, 2.75) is 239 Å². The minimum Gasteiger partial charge on any atom is -0.462 e. The summed E-state index contributed by atoms with van der Waals surface area (Å²) in [6.45, 7) is 6.27. The van der Waals surface area contributed by atoms with Crippen LogP contribution in [0.15, 0.2) is 146 Å². The van der Waals surface area contributed by atoms with Crippen molar-refractivity contribution in [3.63, 3.8) is 0 Å². The zero-order valence-corrected chi connectivity index (χ0v) is 46.1. The van der Waals surface area contributed by atoms with E-state index in [0.717, 1.165) is 116 Å². The number of esters is 3. The fourth-order valence-corrected chi connectivity index (χ4v) is 7.38. The van der Waals surface area contributed by atoms with Crippen LogP contribution in [-0.2, 0) is 28.6 Å². The number of unbranched alkanes of at least 4 members (excludes halogenated alkanes) is 16. The van der Waals surface area contributed by atoms with Gasteiger partial charge in [0.05, 0.1) is 6.42 Å². The summed E-state index contributed by atoms with van der Waals surface area (Å²) in [7, 11) is 0. The number of ether oxygens (including phenoxy) is 3. The first-order chi connectivity index (χ1) is 35.5. The fourth-order valence-electron chi connectivity index (χ4n) is 7.38. The van der Waals surface area contributed by atoms with Gasteiger partial charge in [0, 0.05) is 12.8 Å². The summed E-state index contributed by atoms with van der Waals surface area (Å²) >= 11 is 0. The lowest BCUT2D eigenvalue weighted by Gasteiger charge is -2.18. The van der Waals surface area contributed by atoms with Gasteiger partial charge in [0.15, 0.2) is 6.10 Å². The van der Waals surface area contributed by atoms with Gasteiger partial charge in [-0.3, -0.25) is 14.4 Å². The maximum absolute atomic E-state index is 12.7. The van der Waals surface area contributed by atoms with Crippen LogP contribution in [0.5, 0.6) is 0 Å². The monoisotopic (exact) mass is 993 g/mol.